The van der Waals surface area contributed by atoms with E-state index in [9.17, 15) is 0 Å². The van der Waals surface area contributed by atoms with Crippen LogP contribution in [0.2, 0.25) is 16.9 Å². The summed E-state index contributed by atoms with van der Waals surface area (Å²) >= 11 is -6.51. The molecule has 30 heavy (non-hydrogen) atoms. The maximum absolute atomic E-state index is 17.2. The number of hydrogen-bond donors (Lipinski definition) is 0. The van der Waals surface area contributed by atoms with Crippen molar-refractivity contribution in [2.24, 2.45) is 0 Å². The molecule has 0 aromatic carbocycles. The molecule has 0 fully saturated rings. The van der Waals surface area contributed by atoms with Gasteiger partial charge in [-0.3, -0.25) is 0 Å². The quantitative estimate of drug-likeness (QED) is 0.233. The van der Waals surface area contributed by atoms with Crippen LogP contribution in [0.1, 0.15) is 122 Å². The molecule has 0 saturated carbocycles. The van der Waals surface area contributed by atoms with Crippen LogP contribution in [0.4, 0.5) is 0 Å². The van der Waals surface area contributed by atoms with Gasteiger partial charge in [-0.25, -0.2) is 0 Å². The Balaban J connectivity index is -0.00000364. The second kappa shape index (κ2) is 11.9. The summed E-state index contributed by atoms with van der Waals surface area (Å²) in [6.07, 6.45) is 4.64. The second-order valence-electron chi connectivity index (χ2n) is 10.6. The van der Waals surface area contributed by atoms with E-state index in [1.54, 1.807) is 0 Å². The molecule has 0 aromatic rings. The van der Waals surface area contributed by atoms with Crippen molar-refractivity contribution in [3.8, 4) is 0 Å². The van der Waals surface area contributed by atoms with E-state index < -0.39 is 13.5 Å². The molecular weight excluding hydrogens is 430 g/mol. The SMILES string of the molecule is CCC(C)[O][Ti](=[O])([O]C(C)CC)([CH](C)CC)([CH](C)CC)([CH](C)CC)[CH](C)CC.[NaH].[NaH]. The Labute approximate surface area is 230 Å². The van der Waals surface area contributed by atoms with Crippen LogP contribution in [-0.2, 0) is 23.4 Å². The Kier molecular flexibility index (Phi) is 14.7. The molecule has 0 bridgehead atoms. The van der Waals surface area contributed by atoms with Crippen molar-refractivity contribution in [3.63, 3.8) is 0 Å². The van der Waals surface area contributed by atoms with E-state index in [1.807, 2.05) is 0 Å². The Bertz CT molecular complexity index is 538. The number of hydrogen-bond acceptors (Lipinski definition) is 3. The molecule has 176 valence electrons. The van der Waals surface area contributed by atoms with Gasteiger partial charge in [-0.1, -0.05) is 0 Å². The van der Waals surface area contributed by atoms with Crippen molar-refractivity contribution < 1.29 is 23.4 Å². The molecule has 0 spiro atoms. The van der Waals surface area contributed by atoms with Crippen LogP contribution < -0.4 is 0 Å². The molecule has 3 nitrogen and oxygen atoms in total. The topological polar surface area (TPSA) is 35.5 Å². The summed E-state index contributed by atoms with van der Waals surface area (Å²) in [6, 6.07) is 0. The summed E-state index contributed by atoms with van der Waals surface area (Å²) in [7, 11) is 0. The van der Waals surface area contributed by atoms with Crippen molar-refractivity contribution in [1.29, 1.82) is 0 Å². The Morgan fingerprint density at radius 3 is 0.833 bits per heavy atom. The van der Waals surface area contributed by atoms with Gasteiger partial charge < -0.3 is 0 Å². The first-order valence-electron chi connectivity index (χ1n) is 12.4. The van der Waals surface area contributed by atoms with Crippen molar-refractivity contribution in [2.75, 3.05) is 0 Å². The first-order valence-corrected chi connectivity index (χ1v) is 17.9. The monoisotopic (exact) mass is 486 g/mol. The maximum atomic E-state index is 17.2. The Hall–Kier alpha value is 2.43. The summed E-state index contributed by atoms with van der Waals surface area (Å²) in [5, 5.41) is 0. The second-order valence-corrected chi connectivity index (χ2v) is 25.8. The van der Waals surface area contributed by atoms with Gasteiger partial charge in [-0.05, 0) is 0 Å². The predicted octanol–water partition coefficient (Wildman–Crippen LogP) is 8.13. The van der Waals surface area contributed by atoms with E-state index >= 15 is 3.32 Å². The fourth-order valence-electron chi connectivity index (χ4n) is 7.71. The van der Waals surface area contributed by atoms with Crippen LogP contribution in [0.3, 0.4) is 0 Å². The molecule has 0 aromatic heterocycles. The molecule has 6 atom stereocenters. The van der Waals surface area contributed by atoms with Crippen LogP contribution in [-0.4, -0.2) is 71.3 Å². The van der Waals surface area contributed by atoms with E-state index in [2.05, 4.69) is 83.1 Å². The summed E-state index contributed by atoms with van der Waals surface area (Å²) in [4.78, 5) is 0. The van der Waals surface area contributed by atoms with Crippen molar-refractivity contribution >= 4 is 59.1 Å². The average molecular weight is 487 g/mol. The first-order chi connectivity index (χ1) is 12.8. The molecule has 0 rings (SSSR count). The fourth-order valence-corrected chi connectivity index (χ4v) is 31.8. The van der Waals surface area contributed by atoms with Gasteiger partial charge >= 0.3 is 233 Å². The summed E-state index contributed by atoms with van der Waals surface area (Å²) in [5.41, 5.74) is 0. The van der Waals surface area contributed by atoms with Gasteiger partial charge in [0.1, 0.15) is 0 Å². The summed E-state index contributed by atoms with van der Waals surface area (Å²) in [5.74, 6) is 0. The molecule has 0 N–H and O–H groups in total. The molecule has 0 amide bonds. The zero-order valence-corrected chi connectivity index (χ0v) is 23.0. The van der Waals surface area contributed by atoms with Crippen LogP contribution in [0.25, 0.3) is 0 Å². The first kappa shape index (κ1) is 37.0. The minimum atomic E-state index is -6.51. The van der Waals surface area contributed by atoms with Gasteiger partial charge in [-0.15, -0.1) is 0 Å². The van der Waals surface area contributed by atoms with Gasteiger partial charge in [0.2, 0.25) is 0 Å². The molecule has 6 heteroatoms. The summed E-state index contributed by atoms with van der Waals surface area (Å²) < 4.78 is 31.3. The molecule has 0 aliphatic rings. The van der Waals surface area contributed by atoms with Gasteiger partial charge in [-0.2, -0.15) is 0 Å². The number of rotatable bonds is 14. The van der Waals surface area contributed by atoms with Crippen molar-refractivity contribution in [3.05, 3.63) is 0 Å². The predicted molar refractivity (Wildman–Crippen MR) is 136 cm³/mol. The average Bonchev–Trinajstić information content (AvgIpc) is 2.71. The van der Waals surface area contributed by atoms with E-state index in [1.165, 1.54) is 0 Å². The standard InChI is InChI=1S/2C4H9O.4C4H9.2Na.O.Ti.2H/c2*1-3-4(2)5;4*1-3-4-2;;;;;;/h2*4H,3H2,1-2H3;4*3H,4H2,1-2H3;;;;;;/q2*-1;;;;;;;;+2;;. The molecule has 0 heterocycles. The molecule has 0 saturated heterocycles. The van der Waals surface area contributed by atoms with Crippen LogP contribution in [0.5, 0.6) is 0 Å². The zero-order valence-electron chi connectivity index (χ0n) is 21.4. The molecular formula is C24H56Na2O3Ti. The van der Waals surface area contributed by atoms with E-state index in [0.29, 0.717) is 0 Å². The van der Waals surface area contributed by atoms with Gasteiger partial charge in [0, 0.05) is 0 Å². The van der Waals surface area contributed by atoms with Crippen molar-refractivity contribution in [1.82, 2.24) is 0 Å². The van der Waals surface area contributed by atoms with Gasteiger partial charge in [0.15, 0.2) is 0 Å². The third-order valence-electron chi connectivity index (χ3n) is 10.6. The zero-order chi connectivity index (χ0) is 22.5. The summed E-state index contributed by atoms with van der Waals surface area (Å²) in [6.45, 7) is 25.8. The Morgan fingerprint density at radius 1 is 0.500 bits per heavy atom. The van der Waals surface area contributed by atoms with Gasteiger partial charge in [0.25, 0.3) is 0 Å². The van der Waals surface area contributed by atoms with Gasteiger partial charge in [0.05, 0.1) is 0 Å². The van der Waals surface area contributed by atoms with Crippen LogP contribution in [0, 0.1) is 0 Å². The third-order valence-corrected chi connectivity index (χ3v) is 34.9. The van der Waals surface area contributed by atoms with E-state index in [0.717, 1.165) is 38.5 Å². The van der Waals surface area contributed by atoms with Crippen molar-refractivity contribution in [2.45, 2.75) is 151 Å². The fraction of sp³-hybridized carbons (Fsp3) is 1.00. The molecule has 6 unspecified atom stereocenters. The van der Waals surface area contributed by atoms with Crippen LogP contribution in [0.15, 0.2) is 0 Å². The normalized spacial score (nSPS) is 21.8. The van der Waals surface area contributed by atoms with Crippen LogP contribution >= 0.6 is 0 Å². The third kappa shape index (κ3) is 4.29. The minimum absolute atomic E-state index is 0. The Morgan fingerprint density at radius 2 is 0.700 bits per heavy atom. The van der Waals surface area contributed by atoms with E-state index in [-0.39, 0.29) is 88.2 Å². The molecule has 0 aliphatic heterocycles. The molecule has 0 aliphatic carbocycles. The van der Waals surface area contributed by atoms with E-state index in [4.69, 9.17) is 6.64 Å². The molecule has 0 radical (unpaired) electrons.